The molecule has 8 nitrogen and oxygen atoms in total. The minimum Gasteiger partial charge on any atom is -0.395 e. The molecule has 0 bridgehead atoms. The topological polar surface area (TPSA) is 90.4 Å². The summed E-state index contributed by atoms with van der Waals surface area (Å²) in [7, 11) is 0. The molecular weight excluding hydrogens is 422 g/mol. The predicted molar refractivity (Wildman–Crippen MR) is 123 cm³/mol. The highest BCUT2D eigenvalue weighted by Gasteiger charge is 2.75. The first-order valence-corrected chi connectivity index (χ1v) is 12.4. The van der Waals surface area contributed by atoms with E-state index in [1.165, 1.54) is 4.90 Å². The number of aliphatic hydroxyl groups is 1. The molecule has 0 radical (unpaired) electrons. The highest BCUT2D eigenvalue weighted by Crippen LogP contribution is 2.58. The molecule has 4 rings (SSSR count). The number of amides is 3. The lowest BCUT2D eigenvalue weighted by Crippen LogP contribution is -2.56. The molecule has 3 amide bonds. The highest BCUT2D eigenvalue weighted by molar-refractivity contribution is 6.00. The molecule has 2 saturated heterocycles. The number of likely N-dealkylation sites (tertiary alicyclic amines) is 1. The van der Waals surface area contributed by atoms with Crippen LogP contribution in [-0.4, -0.2) is 94.1 Å². The summed E-state index contributed by atoms with van der Waals surface area (Å²) in [5.74, 6) is -2.02. The molecule has 8 heteroatoms. The van der Waals surface area contributed by atoms with Gasteiger partial charge in [-0.15, -0.1) is 0 Å². The number of hydrogen-bond acceptors (Lipinski definition) is 5. The fourth-order valence-electron chi connectivity index (χ4n) is 6.23. The molecule has 2 fully saturated rings. The fraction of sp³-hybridized carbons (Fsp3) is 0.720. The second kappa shape index (κ2) is 9.22. The number of hydrogen-bond donors (Lipinski definition) is 1. The lowest BCUT2D eigenvalue weighted by atomic mass is 9.73. The normalized spacial score (nSPS) is 35.6. The summed E-state index contributed by atoms with van der Waals surface area (Å²) < 4.78 is 6.83. The van der Waals surface area contributed by atoms with Gasteiger partial charge in [-0.3, -0.25) is 14.4 Å². The first-order chi connectivity index (χ1) is 15.9. The molecule has 5 atom stereocenters. The van der Waals surface area contributed by atoms with Gasteiger partial charge in [0.1, 0.15) is 11.6 Å². The maximum atomic E-state index is 13.9. The van der Waals surface area contributed by atoms with Gasteiger partial charge in [0.05, 0.1) is 24.0 Å². The number of β-amino-alcohol motifs (C(OH)–C–C–N with tert-alkyl or cyclic N) is 1. The maximum Gasteiger partial charge on any atom is 0.249 e. The number of aliphatic hydroxyl groups excluding tert-OH is 1. The summed E-state index contributed by atoms with van der Waals surface area (Å²) in [6.45, 7) is 8.01. The monoisotopic (exact) mass is 459 g/mol. The second-order valence-electron chi connectivity index (χ2n) is 9.60. The summed E-state index contributed by atoms with van der Waals surface area (Å²) in [6.07, 6.45) is 10.9. The lowest BCUT2D eigenvalue weighted by molar-refractivity contribution is -0.154. The number of fused-ring (bicyclic) bond motifs is 2. The van der Waals surface area contributed by atoms with Crippen molar-refractivity contribution < 1.29 is 24.2 Å². The summed E-state index contributed by atoms with van der Waals surface area (Å²) in [4.78, 5) is 46.6. The molecular formula is C25H37N3O5. The van der Waals surface area contributed by atoms with Gasteiger partial charge in [-0.05, 0) is 19.3 Å². The predicted octanol–water partition coefficient (Wildman–Crippen LogP) is 1.35. The molecule has 4 heterocycles. The van der Waals surface area contributed by atoms with Crippen LogP contribution in [0.4, 0.5) is 0 Å². The van der Waals surface area contributed by atoms with E-state index in [1.807, 2.05) is 38.2 Å². The van der Waals surface area contributed by atoms with Crippen LogP contribution in [0.1, 0.15) is 46.5 Å². The number of carbonyl (C=O) groups is 3. The van der Waals surface area contributed by atoms with Gasteiger partial charge in [-0.1, -0.05) is 51.5 Å². The smallest absolute Gasteiger partial charge is 0.249 e. The van der Waals surface area contributed by atoms with E-state index in [-0.39, 0.29) is 30.9 Å². The zero-order chi connectivity index (χ0) is 23.8. The molecule has 0 aromatic heterocycles. The van der Waals surface area contributed by atoms with Crippen LogP contribution < -0.4 is 0 Å². The number of rotatable bonds is 8. The molecule has 0 saturated carbocycles. The van der Waals surface area contributed by atoms with E-state index in [0.717, 1.165) is 19.3 Å². The minimum absolute atomic E-state index is 0.0425. The van der Waals surface area contributed by atoms with Crippen molar-refractivity contribution in [1.29, 1.82) is 0 Å². The molecule has 4 aliphatic rings. The van der Waals surface area contributed by atoms with Gasteiger partial charge in [0.25, 0.3) is 0 Å². The third-order valence-corrected chi connectivity index (χ3v) is 7.72. The molecule has 1 unspecified atom stereocenters. The van der Waals surface area contributed by atoms with Crippen molar-refractivity contribution in [2.75, 3.05) is 39.3 Å². The van der Waals surface area contributed by atoms with Crippen LogP contribution in [-0.2, 0) is 19.1 Å². The zero-order valence-corrected chi connectivity index (χ0v) is 20.0. The Morgan fingerprint density at radius 2 is 1.61 bits per heavy atom. The molecule has 0 aromatic rings. The van der Waals surface area contributed by atoms with Crippen molar-refractivity contribution in [2.24, 2.45) is 11.8 Å². The quantitative estimate of drug-likeness (QED) is 0.554. The van der Waals surface area contributed by atoms with E-state index in [1.54, 1.807) is 9.80 Å². The Bertz CT molecular complexity index is 857. The second-order valence-corrected chi connectivity index (χ2v) is 9.60. The average Bonchev–Trinajstić information content (AvgIpc) is 3.09. The van der Waals surface area contributed by atoms with Crippen LogP contribution in [0, 0.1) is 11.8 Å². The van der Waals surface area contributed by atoms with E-state index in [0.29, 0.717) is 32.6 Å². The number of carbonyl (C=O) groups excluding carboxylic acids is 3. The van der Waals surface area contributed by atoms with Crippen LogP contribution in [0.2, 0.25) is 0 Å². The van der Waals surface area contributed by atoms with Crippen molar-refractivity contribution in [1.82, 2.24) is 14.7 Å². The van der Waals surface area contributed by atoms with Crippen molar-refractivity contribution >= 4 is 17.7 Å². The summed E-state index contributed by atoms with van der Waals surface area (Å²) in [6, 6.07) is -0.881. The third-order valence-electron chi connectivity index (χ3n) is 7.72. The van der Waals surface area contributed by atoms with Crippen molar-refractivity contribution in [2.45, 2.75) is 63.7 Å². The molecule has 1 N–H and O–H groups in total. The van der Waals surface area contributed by atoms with Gasteiger partial charge in [0, 0.05) is 32.7 Å². The Morgan fingerprint density at radius 3 is 2.24 bits per heavy atom. The molecule has 33 heavy (non-hydrogen) atoms. The zero-order valence-electron chi connectivity index (χ0n) is 20.0. The van der Waals surface area contributed by atoms with E-state index in [9.17, 15) is 19.5 Å². The van der Waals surface area contributed by atoms with Crippen LogP contribution in [0.5, 0.6) is 0 Å². The maximum absolute atomic E-state index is 13.9. The molecule has 182 valence electrons. The summed E-state index contributed by atoms with van der Waals surface area (Å²) >= 11 is 0. The highest BCUT2D eigenvalue weighted by atomic mass is 16.5. The van der Waals surface area contributed by atoms with Crippen LogP contribution in [0.3, 0.4) is 0 Å². The molecule has 0 aliphatic carbocycles. The van der Waals surface area contributed by atoms with Gasteiger partial charge in [-0.2, -0.15) is 0 Å². The third kappa shape index (κ3) is 3.53. The Hall–Kier alpha value is -2.19. The van der Waals surface area contributed by atoms with E-state index in [2.05, 4.69) is 6.92 Å². The average molecular weight is 460 g/mol. The molecule has 0 aromatic carbocycles. The molecule has 4 aliphatic heterocycles. The Morgan fingerprint density at radius 1 is 0.909 bits per heavy atom. The van der Waals surface area contributed by atoms with Crippen LogP contribution in [0.15, 0.2) is 24.3 Å². The standard InChI is InChI=1S/C25H37N3O5/c1-4-7-13-27-15-9-11-25-19(22(31)28(16-17-29)20(25)23(27)32)18-21(30)26(12-5-2)14-8-10-24(18,6-3)33-25/h8-11,18-20,29H,4-7,12-17H2,1-3H3/t18-,19-,20?,24+,25-/m0/s1. The number of nitrogens with zero attached hydrogens (tertiary/aromatic N) is 3. The van der Waals surface area contributed by atoms with E-state index < -0.39 is 29.1 Å². The summed E-state index contributed by atoms with van der Waals surface area (Å²) in [5, 5.41) is 9.73. The van der Waals surface area contributed by atoms with Crippen molar-refractivity contribution in [3.8, 4) is 0 Å². The van der Waals surface area contributed by atoms with Crippen molar-refractivity contribution in [3.05, 3.63) is 24.3 Å². The van der Waals surface area contributed by atoms with Gasteiger partial charge in [-0.25, -0.2) is 0 Å². The fourth-order valence-corrected chi connectivity index (χ4v) is 6.23. The lowest BCUT2D eigenvalue weighted by Gasteiger charge is -2.38. The SMILES string of the molecule is CCCCN1CC=C[C@]23O[C@]4(CC)C=CCN(CCC)C(=O)[C@@H]4[C@H]2C(=O)N(CCO)C3C1=O. The van der Waals surface area contributed by atoms with Gasteiger partial charge >= 0.3 is 0 Å². The van der Waals surface area contributed by atoms with Crippen LogP contribution >= 0.6 is 0 Å². The van der Waals surface area contributed by atoms with Crippen LogP contribution in [0.25, 0.3) is 0 Å². The largest absolute Gasteiger partial charge is 0.395 e. The van der Waals surface area contributed by atoms with Gasteiger partial charge in [0.15, 0.2) is 0 Å². The Balaban J connectivity index is 1.84. The first kappa shape index (κ1) is 24.0. The van der Waals surface area contributed by atoms with Gasteiger partial charge < -0.3 is 24.5 Å². The molecule has 1 spiro atoms. The number of ether oxygens (including phenoxy) is 1. The van der Waals surface area contributed by atoms with Crippen molar-refractivity contribution in [3.63, 3.8) is 0 Å². The Labute approximate surface area is 196 Å². The number of unbranched alkanes of at least 4 members (excludes halogenated alkanes) is 1. The van der Waals surface area contributed by atoms with E-state index >= 15 is 0 Å². The van der Waals surface area contributed by atoms with Gasteiger partial charge in [0.2, 0.25) is 17.7 Å². The van der Waals surface area contributed by atoms with E-state index in [4.69, 9.17) is 4.74 Å². The first-order valence-electron chi connectivity index (χ1n) is 12.4. The Kier molecular flexibility index (Phi) is 6.69. The summed E-state index contributed by atoms with van der Waals surface area (Å²) in [5.41, 5.74) is -2.16. The minimum atomic E-state index is -1.22.